The van der Waals surface area contributed by atoms with Crippen molar-refractivity contribution in [1.29, 1.82) is 0 Å². The van der Waals surface area contributed by atoms with Crippen LogP contribution in [0.25, 0.3) is 21.8 Å². The quantitative estimate of drug-likeness (QED) is 0.167. The molecule has 2 aromatic heterocycles. The number of aromatic nitrogens is 2. The minimum absolute atomic E-state index is 0.273. The van der Waals surface area contributed by atoms with Gasteiger partial charge in [0, 0.05) is 29.4 Å². The maximum Gasteiger partial charge on any atom is 0.221 e. The molecule has 0 aliphatic rings. The normalized spacial score (nSPS) is 13.2. The van der Waals surface area contributed by atoms with E-state index in [-0.39, 0.29) is 12.2 Å². The van der Waals surface area contributed by atoms with Crippen molar-refractivity contribution in [3.8, 4) is 11.8 Å². The third-order valence-electron chi connectivity index (χ3n) is 6.76. The number of ketones is 1. The lowest BCUT2D eigenvalue weighted by atomic mass is 9.96. The van der Waals surface area contributed by atoms with Crippen LogP contribution in [0.1, 0.15) is 31.7 Å². The number of Topliss-reactive ketones (excluding diaryl/α,β-unsaturated/α-hetero) is 1. The zero-order chi connectivity index (χ0) is 29.1. The van der Waals surface area contributed by atoms with Gasteiger partial charge in [0.05, 0.1) is 17.1 Å². The molecule has 0 saturated heterocycles. The van der Waals surface area contributed by atoms with Crippen molar-refractivity contribution in [3.05, 3.63) is 109 Å². The first kappa shape index (κ1) is 29.8. The zero-order valence-electron chi connectivity index (χ0n) is 23.2. The fourth-order valence-electron chi connectivity index (χ4n) is 4.32. The molecule has 5 rings (SSSR count). The van der Waals surface area contributed by atoms with Crippen molar-refractivity contribution in [2.24, 2.45) is 11.5 Å². The number of rotatable bonds is 11. The number of nitrogens with two attached hydrogens (primary N) is 2. The molecule has 0 radical (unpaired) electrons. The summed E-state index contributed by atoms with van der Waals surface area (Å²) in [5.41, 5.74) is 12.5. The van der Waals surface area contributed by atoms with Crippen LogP contribution in [0.2, 0.25) is 0 Å². The molecule has 0 saturated carbocycles. The number of pyridine rings is 2. The highest BCUT2D eigenvalue weighted by molar-refractivity contribution is 5.91. The first-order valence-electron chi connectivity index (χ1n) is 13.8. The smallest absolute Gasteiger partial charge is 0.221 e. The van der Waals surface area contributed by atoms with Crippen molar-refractivity contribution in [3.63, 3.8) is 0 Å². The van der Waals surface area contributed by atoms with Gasteiger partial charge in [-0.3, -0.25) is 10.1 Å². The Balaban J connectivity index is 0.000000189. The third-order valence-corrected chi connectivity index (χ3v) is 6.76. The Morgan fingerprint density at radius 1 is 0.854 bits per heavy atom. The second-order valence-electron chi connectivity index (χ2n) is 9.74. The molecule has 2 heterocycles. The molecule has 8 heteroatoms. The van der Waals surface area contributed by atoms with E-state index in [1.54, 1.807) is 6.92 Å². The molecular weight excluding hydrogens is 514 g/mol. The van der Waals surface area contributed by atoms with Crippen LogP contribution in [0.4, 0.5) is 0 Å². The molecule has 1 unspecified atom stereocenters. The standard InChI is InChI=1S/C18H12N2O.C15H25N3O2/c1-3-7-15-13(5-1)9-11-17(19-15)21-18-12-10-14-6-2-4-8-16(14)20-18;1-2-15(20,14(19)13(17)9-6-10-16)18-11-12-7-4-3-5-8-12/h1-12H;3-5,7-8,13,18,20H,2,6,9-11,16-17H2,1H3/t;13-,15?/m.1/s1. The van der Waals surface area contributed by atoms with Gasteiger partial charge < -0.3 is 21.3 Å². The predicted molar refractivity (Wildman–Crippen MR) is 163 cm³/mol. The van der Waals surface area contributed by atoms with Gasteiger partial charge in [-0.25, -0.2) is 9.97 Å². The van der Waals surface area contributed by atoms with E-state index in [2.05, 4.69) is 15.3 Å². The number of carbonyl (C=O) groups is 1. The molecule has 41 heavy (non-hydrogen) atoms. The van der Waals surface area contributed by atoms with E-state index in [9.17, 15) is 9.90 Å². The predicted octanol–water partition coefficient (Wildman–Crippen LogP) is 5.09. The molecule has 6 N–H and O–H groups in total. The number of nitrogens with one attached hydrogen (secondary N) is 1. The van der Waals surface area contributed by atoms with Crippen LogP contribution in [-0.4, -0.2) is 39.2 Å². The average molecular weight is 552 g/mol. The molecular formula is C33H37N5O3. The number of nitrogens with zero attached hydrogens (tertiary/aromatic N) is 2. The van der Waals surface area contributed by atoms with Crippen molar-refractivity contribution in [2.45, 2.75) is 44.5 Å². The lowest BCUT2D eigenvalue weighted by molar-refractivity contribution is -0.143. The molecule has 0 amide bonds. The summed E-state index contributed by atoms with van der Waals surface area (Å²) in [6.07, 6.45) is 1.44. The molecule has 0 fully saturated rings. The van der Waals surface area contributed by atoms with Crippen molar-refractivity contribution in [1.82, 2.24) is 15.3 Å². The van der Waals surface area contributed by atoms with Crippen LogP contribution in [-0.2, 0) is 11.3 Å². The van der Waals surface area contributed by atoms with E-state index < -0.39 is 11.8 Å². The van der Waals surface area contributed by atoms with Gasteiger partial charge in [0.1, 0.15) is 0 Å². The van der Waals surface area contributed by atoms with E-state index in [0.29, 0.717) is 37.7 Å². The fourth-order valence-corrected chi connectivity index (χ4v) is 4.32. The van der Waals surface area contributed by atoms with Crippen LogP contribution in [0.5, 0.6) is 11.8 Å². The van der Waals surface area contributed by atoms with Crippen molar-refractivity contribution >= 4 is 27.6 Å². The molecule has 3 aromatic carbocycles. The largest absolute Gasteiger partial charge is 0.421 e. The van der Waals surface area contributed by atoms with Crippen LogP contribution in [0, 0.1) is 0 Å². The summed E-state index contributed by atoms with van der Waals surface area (Å²) in [4.78, 5) is 21.2. The molecule has 0 spiro atoms. The van der Waals surface area contributed by atoms with Crippen LogP contribution < -0.4 is 21.5 Å². The second-order valence-corrected chi connectivity index (χ2v) is 9.74. The van der Waals surface area contributed by atoms with Crippen molar-refractivity contribution in [2.75, 3.05) is 6.54 Å². The Kier molecular flexibility index (Phi) is 10.5. The number of ether oxygens (including phenoxy) is 1. The first-order chi connectivity index (χ1) is 19.9. The monoisotopic (exact) mass is 551 g/mol. The summed E-state index contributed by atoms with van der Waals surface area (Å²) in [7, 11) is 0. The van der Waals surface area contributed by atoms with Crippen LogP contribution in [0.15, 0.2) is 103 Å². The number of hydrogen-bond donors (Lipinski definition) is 4. The molecule has 8 nitrogen and oxygen atoms in total. The summed E-state index contributed by atoms with van der Waals surface area (Å²) < 4.78 is 5.77. The summed E-state index contributed by atoms with van der Waals surface area (Å²) in [6.45, 7) is 2.66. The molecule has 0 bridgehead atoms. The van der Waals surface area contributed by atoms with Gasteiger partial charge in [0.15, 0.2) is 11.5 Å². The Morgan fingerprint density at radius 2 is 1.39 bits per heavy atom. The highest BCUT2D eigenvalue weighted by atomic mass is 16.5. The molecule has 212 valence electrons. The van der Waals surface area contributed by atoms with Gasteiger partial charge in [-0.2, -0.15) is 0 Å². The van der Waals surface area contributed by atoms with E-state index in [4.69, 9.17) is 16.2 Å². The van der Waals surface area contributed by atoms with Crippen molar-refractivity contribution < 1.29 is 14.6 Å². The second kappa shape index (κ2) is 14.4. The van der Waals surface area contributed by atoms with Gasteiger partial charge in [-0.15, -0.1) is 0 Å². The lowest BCUT2D eigenvalue weighted by Crippen LogP contribution is -2.57. The molecule has 0 aliphatic heterocycles. The zero-order valence-corrected chi connectivity index (χ0v) is 23.2. The number of carbonyl (C=O) groups excluding carboxylic acids is 1. The minimum Gasteiger partial charge on any atom is -0.421 e. The van der Waals surface area contributed by atoms with Crippen LogP contribution in [0.3, 0.4) is 0 Å². The van der Waals surface area contributed by atoms with Gasteiger partial charge in [-0.05, 0) is 55.6 Å². The molecule has 5 aromatic rings. The summed E-state index contributed by atoms with van der Waals surface area (Å²) in [5.74, 6) is 0.734. The highest BCUT2D eigenvalue weighted by Crippen LogP contribution is 2.23. The molecule has 0 aliphatic carbocycles. The van der Waals surface area contributed by atoms with E-state index in [1.807, 2.05) is 103 Å². The maximum absolute atomic E-state index is 12.2. The lowest BCUT2D eigenvalue weighted by Gasteiger charge is -2.29. The van der Waals surface area contributed by atoms with Gasteiger partial charge in [0.25, 0.3) is 0 Å². The maximum atomic E-state index is 12.2. The first-order valence-corrected chi connectivity index (χ1v) is 13.8. The van der Waals surface area contributed by atoms with Gasteiger partial charge in [0.2, 0.25) is 11.8 Å². The Morgan fingerprint density at radius 3 is 1.93 bits per heavy atom. The highest BCUT2D eigenvalue weighted by Gasteiger charge is 2.36. The number of aliphatic hydroxyl groups is 1. The summed E-state index contributed by atoms with van der Waals surface area (Å²) >= 11 is 0. The average Bonchev–Trinajstić information content (AvgIpc) is 3.02. The topological polar surface area (TPSA) is 136 Å². The number of para-hydroxylation sites is 2. The Hall–Kier alpha value is -4.21. The Labute approximate surface area is 240 Å². The van der Waals surface area contributed by atoms with Gasteiger partial charge in [-0.1, -0.05) is 73.7 Å². The summed E-state index contributed by atoms with van der Waals surface area (Å²) in [6, 6.07) is 32.6. The number of hydrogen-bond acceptors (Lipinski definition) is 8. The minimum atomic E-state index is -1.58. The van der Waals surface area contributed by atoms with E-state index >= 15 is 0 Å². The third kappa shape index (κ3) is 8.15. The number of fused-ring (bicyclic) bond motifs is 2. The SMILES string of the molecule is CCC(O)(NCc1ccccc1)C(=O)[C@H](N)CCCN.c1ccc2nc(Oc3ccc4ccccc4n3)ccc2c1. The van der Waals surface area contributed by atoms with Gasteiger partial charge >= 0.3 is 0 Å². The fraction of sp³-hybridized carbons (Fsp3) is 0.242. The van der Waals surface area contributed by atoms with E-state index in [0.717, 1.165) is 27.4 Å². The molecule has 2 atom stereocenters. The van der Waals surface area contributed by atoms with E-state index in [1.165, 1.54) is 0 Å². The number of benzene rings is 3. The Bertz CT molecular complexity index is 1490. The summed E-state index contributed by atoms with van der Waals surface area (Å²) in [5, 5.41) is 15.5. The van der Waals surface area contributed by atoms with Crippen LogP contribution >= 0.6 is 0 Å².